The Morgan fingerprint density at radius 3 is 2.33 bits per heavy atom. The number of hydrogen-bond acceptors (Lipinski definition) is 5. The fourth-order valence-corrected chi connectivity index (χ4v) is 4.38. The van der Waals surface area contributed by atoms with Gasteiger partial charge in [-0.25, -0.2) is 8.42 Å². The van der Waals surface area contributed by atoms with Crippen LogP contribution in [0.2, 0.25) is 5.02 Å². The van der Waals surface area contributed by atoms with Gasteiger partial charge < -0.3 is 4.74 Å². The molecule has 0 aromatic heterocycles. The highest BCUT2D eigenvalue weighted by Gasteiger charge is 2.13. The maximum Gasteiger partial charge on any atom is 0.305 e. The van der Waals surface area contributed by atoms with E-state index in [9.17, 15) is 13.2 Å². The Labute approximate surface area is 169 Å². The lowest BCUT2D eigenvalue weighted by molar-refractivity contribution is -0.140. The van der Waals surface area contributed by atoms with Crippen molar-refractivity contribution in [3.8, 4) is 0 Å². The Morgan fingerprint density at radius 2 is 1.70 bits per heavy atom. The van der Waals surface area contributed by atoms with Gasteiger partial charge in [-0.05, 0) is 67.1 Å². The molecule has 0 amide bonds. The van der Waals surface area contributed by atoms with E-state index in [0.29, 0.717) is 17.1 Å². The average Bonchev–Trinajstić information content (AvgIpc) is 2.65. The number of anilines is 1. The summed E-state index contributed by atoms with van der Waals surface area (Å²) in [5.41, 5.74) is 0.507. The highest BCUT2D eigenvalue weighted by Crippen LogP contribution is 2.24. The fraction of sp³-hybridized carbons (Fsp3) is 0.316. The van der Waals surface area contributed by atoms with Crippen LogP contribution in [0.25, 0.3) is 0 Å². The summed E-state index contributed by atoms with van der Waals surface area (Å²) in [6, 6.07) is 13.3. The molecule has 146 valence electrons. The molecular weight excluding hydrogens is 406 g/mol. The van der Waals surface area contributed by atoms with E-state index >= 15 is 0 Å². The van der Waals surface area contributed by atoms with E-state index in [1.165, 1.54) is 19.2 Å². The van der Waals surface area contributed by atoms with E-state index in [1.54, 1.807) is 36.0 Å². The van der Waals surface area contributed by atoms with Crippen LogP contribution in [0.1, 0.15) is 25.7 Å². The Kier molecular flexibility index (Phi) is 8.47. The predicted octanol–water partition coefficient (Wildman–Crippen LogP) is 4.97. The van der Waals surface area contributed by atoms with E-state index < -0.39 is 10.0 Å². The molecule has 0 fully saturated rings. The summed E-state index contributed by atoms with van der Waals surface area (Å²) in [7, 11) is -2.23. The Morgan fingerprint density at radius 1 is 1.04 bits per heavy atom. The SMILES string of the molecule is COC(=O)CCCCCSc1ccc(NS(=O)(=O)c2ccc(Cl)cc2)cc1. The van der Waals surface area contributed by atoms with Gasteiger partial charge in [0.05, 0.1) is 12.0 Å². The highest BCUT2D eigenvalue weighted by atomic mass is 35.5. The van der Waals surface area contributed by atoms with Crippen molar-refractivity contribution in [2.75, 3.05) is 17.6 Å². The summed E-state index contributed by atoms with van der Waals surface area (Å²) in [6.45, 7) is 0. The lowest BCUT2D eigenvalue weighted by Gasteiger charge is -2.09. The molecule has 5 nitrogen and oxygen atoms in total. The summed E-state index contributed by atoms with van der Waals surface area (Å²) >= 11 is 7.49. The first kappa shape index (κ1) is 21.6. The molecule has 2 rings (SSSR count). The largest absolute Gasteiger partial charge is 0.469 e. The van der Waals surface area contributed by atoms with Crippen LogP contribution in [0, 0.1) is 0 Å². The molecular formula is C19H22ClNO4S2. The van der Waals surface area contributed by atoms with E-state index in [2.05, 4.69) is 9.46 Å². The Hall–Kier alpha value is -1.70. The van der Waals surface area contributed by atoms with Crippen LogP contribution >= 0.6 is 23.4 Å². The lowest BCUT2D eigenvalue weighted by atomic mass is 10.2. The lowest BCUT2D eigenvalue weighted by Crippen LogP contribution is -2.12. The van der Waals surface area contributed by atoms with Crippen LogP contribution in [0.15, 0.2) is 58.3 Å². The van der Waals surface area contributed by atoms with Gasteiger partial charge >= 0.3 is 5.97 Å². The normalized spacial score (nSPS) is 11.2. The summed E-state index contributed by atoms with van der Waals surface area (Å²) in [4.78, 5) is 12.3. The van der Waals surface area contributed by atoms with Crippen molar-refractivity contribution in [2.24, 2.45) is 0 Å². The molecule has 0 unspecified atom stereocenters. The molecule has 0 saturated heterocycles. The monoisotopic (exact) mass is 427 g/mol. The zero-order valence-electron chi connectivity index (χ0n) is 15.0. The summed E-state index contributed by atoms with van der Waals surface area (Å²) in [6.07, 6.45) is 3.27. The number of halogens is 1. The molecule has 1 N–H and O–H groups in total. The number of methoxy groups -OCH3 is 1. The van der Waals surface area contributed by atoms with Gasteiger partial charge in [-0.15, -0.1) is 11.8 Å². The molecule has 0 aliphatic heterocycles. The topological polar surface area (TPSA) is 72.5 Å². The zero-order valence-corrected chi connectivity index (χ0v) is 17.4. The van der Waals surface area contributed by atoms with Crippen molar-refractivity contribution in [1.29, 1.82) is 0 Å². The van der Waals surface area contributed by atoms with Gasteiger partial charge in [0, 0.05) is 22.0 Å². The van der Waals surface area contributed by atoms with Gasteiger partial charge in [-0.3, -0.25) is 9.52 Å². The summed E-state index contributed by atoms with van der Waals surface area (Å²) in [5, 5.41) is 0.487. The number of sulfonamides is 1. The minimum Gasteiger partial charge on any atom is -0.469 e. The second-order valence-electron chi connectivity index (χ2n) is 5.82. The van der Waals surface area contributed by atoms with E-state index in [-0.39, 0.29) is 10.9 Å². The predicted molar refractivity (Wildman–Crippen MR) is 110 cm³/mol. The zero-order chi connectivity index (χ0) is 19.7. The van der Waals surface area contributed by atoms with Gasteiger partial charge in [0.15, 0.2) is 0 Å². The molecule has 0 radical (unpaired) electrons. The Balaban J connectivity index is 1.79. The van der Waals surface area contributed by atoms with Crippen LogP contribution in [0.4, 0.5) is 5.69 Å². The number of rotatable bonds is 10. The second kappa shape index (κ2) is 10.6. The number of ether oxygens (including phenoxy) is 1. The van der Waals surface area contributed by atoms with Crippen LogP contribution in [0.5, 0.6) is 0 Å². The molecule has 2 aromatic carbocycles. The number of unbranched alkanes of at least 4 members (excludes halogenated alkanes) is 2. The fourth-order valence-electron chi connectivity index (χ4n) is 2.29. The van der Waals surface area contributed by atoms with Crippen molar-refractivity contribution in [3.05, 3.63) is 53.6 Å². The van der Waals surface area contributed by atoms with E-state index in [0.717, 1.165) is 29.9 Å². The van der Waals surface area contributed by atoms with Crippen LogP contribution in [-0.4, -0.2) is 27.2 Å². The van der Waals surface area contributed by atoms with Crippen molar-refractivity contribution in [2.45, 2.75) is 35.5 Å². The van der Waals surface area contributed by atoms with Crippen LogP contribution < -0.4 is 4.72 Å². The molecule has 2 aromatic rings. The number of esters is 1. The third-order valence-electron chi connectivity index (χ3n) is 3.75. The van der Waals surface area contributed by atoms with Crippen molar-refractivity contribution in [3.63, 3.8) is 0 Å². The number of carbonyl (C=O) groups is 1. The first-order chi connectivity index (χ1) is 12.9. The molecule has 8 heteroatoms. The number of hydrogen-bond donors (Lipinski definition) is 1. The minimum absolute atomic E-state index is 0.164. The van der Waals surface area contributed by atoms with E-state index in [4.69, 9.17) is 11.6 Å². The molecule has 27 heavy (non-hydrogen) atoms. The smallest absolute Gasteiger partial charge is 0.305 e. The van der Waals surface area contributed by atoms with Gasteiger partial charge in [-0.2, -0.15) is 0 Å². The number of thioether (sulfide) groups is 1. The summed E-state index contributed by atoms with van der Waals surface area (Å²) in [5.74, 6) is 0.774. The quantitative estimate of drug-likeness (QED) is 0.329. The van der Waals surface area contributed by atoms with Gasteiger partial charge in [0.1, 0.15) is 0 Å². The van der Waals surface area contributed by atoms with Gasteiger partial charge in [0.25, 0.3) is 10.0 Å². The van der Waals surface area contributed by atoms with Crippen molar-refractivity contribution in [1.82, 2.24) is 0 Å². The van der Waals surface area contributed by atoms with E-state index in [1.807, 2.05) is 12.1 Å². The molecule has 0 bridgehead atoms. The van der Waals surface area contributed by atoms with Crippen molar-refractivity contribution >= 4 is 45.0 Å². The molecule has 0 aliphatic carbocycles. The van der Waals surface area contributed by atoms with Crippen LogP contribution in [-0.2, 0) is 19.6 Å². The maximum absolute atomic E-state index is 12.3. The third-order valence-corrected chi connectivity index (χ3v) is 6.50. The van der Waals surface area contributed by atoms with Gasteiger partial charge in [-0.1, -0.05) is 18.0 Å². The second-order valence-corrected chi connectivity index (χ2v) is 9.11. The first-order valence-corrected chi connectivity index (χ1v) is 11.3. The third kappa shape index (κ3) is 7.44. The number of nitrogens with one attached hydrogen (secondary N) is 1. The molecule has 0 aliphatic rings. The maximum atomic E-state index is 12.3. The molecule has 0 saturated carbocycles. The number of carbonyl (C=O) groups excluding carboxylic acids is 1. The average molecular weight is 428 g/mol. The molecule has 0 spiro atoms. The number of benzene rings is 2. The Bertz CT molecular complexity index is 837. The van der Waals surface area contributed by atoms with Gasteiger partial charge in [0.2, 0.25) is 0 Å². The highest BCUT2D eigenvalue weighted by molar-refractivity contribution is 7.99. The van der Waals surface area contributed by atoms with Crippen molar-refractivity contribution < 1.29 is 17.9 Å². The standard InChI is InChI=1S/C19H22ClNO4S2/c1-25-19(22)5-3-2-4-14-26-17-10-8-16(9-11-17)21-27(23,24)18-12-6-15(20)7-13-18/h6-13,21H,2-5,14H2,1H3. The first-order valence-electron chi connectivity index (χ1n) is 8.49. The molecule has 0 atom stereocenters. The minimum atomic E-state index is -3.63. The summed E-state index contributed by atoms with van der Waals surface area (Å²) < 4.78 is 31.9. The molecule has 0 heterocycles. The van der Waals surface area contributed by atoms with Crippen LogP contribution in [0.3, 0.4) is 0 Å².